The Morgan fingerprint density at radius 3 is 2.70 bits per heavy atom. The van der Waals surface area contributed by atoms with Gasteiger partial charge in [0.2, 0.25) is 5.28 Å². The minimum Gasteiger partial charge on any atom is -0.377 e. The molecule has 0 spiro atoms. The van der Waals surface area contributed by atoms with E-state index in [1.165, 1.54) is 0 Å². The quantitative estimate of drug-likeness (QED) is 0.289. The Morgan fingerprint density at radius 1 is 1.24 bits per heavy atom. The van der Waals surface area contributed by atoms with E-state index in [2.05, 4.69) is 20.3 Å². The maximum absolute atomic E-state index is 13.3. The molecule has 172 valence electrons. The molecule has 2 aromatic heterocycles. The van der Waals surface area contributed by atoms with Crippen LogP contribution in [0.5, 0.6) is 0 Å². The number of ether oxygens (including phenoxy) is 1. The van der Waals surface area contributed by atoms with Gasteiger partial charge in [0.05, 0.1) is 47.1 Å². The molecular weight excluding hydrogens is 463 g/mol. The van der Waals surface area contributed by atoms with Gasteiger partial charge >= 0.3 is 6.18 Å². The summed E-state index contributed by atoms with van der Waals surface area (Å²) in [6.45, 7) is 2.62. The average Bonchev–Trinajstić information content (AvgIpc) is 2.78. The standard InChI is InChI=1S/C21H17ClF3N5O3/c1-11(13-6-14(21(23,24)25)8-15(7-13)30(31)32)27-19-16-9-17(12-2-4-33-5-3-12)26-10-18(16)28-20(22)29-19/h2,6-11H,3-5H2,1H3,(H,27,28,29)/t11-/m1/s1. The SMILES string of the molecule is C[C@@H](Nc1nc(Cl)nc2cnc(C3=CCOCC3)cc12)c1cc([N+](=O)[O-])cc(C(F)(F)F)c1. The number of non-ortho nitro benzene ring substituents is 1. The molecule has 0 radical (unpaired) electrons. The fourth-order valence-electron chi connectivity index (χ4n) is 3.49. The molecule has 0 amide bonds. The van der Waals surface area contributed by atoms with Crippen LogP contribution in [0.1, 0.15) is 36.2 Å². The van der Waals surface area contributed by atoms with Crippen LogP contribution in [0, 0.1) is 10.1 Å². The molecule has 12 heteroatoms. The van der Waals surface area contributed by atoms with Gasteiger partial charge in [-0.1, -0.05) is 6.08 Å². The highest BCUT2D eigenvalue weighted by Gasteiger charge is 2.33. The Hall–Kier alpha value is -3.31. The van der Waals surface area contributed by atoms with E-state index in [4.69, 9.17) is 16.3 Å². The number of nitro benzene ring substituents is 1. The van der Waals surface area contributed by atoms with E-state index in [1.54, 1.807) is 19.2 Å². The normalized spacial score (nSPS) is 15.2. The van der Waals surface area contributed by atoms with Crippen molar-refractivity contribution in [2.45, 2.75) is 25.6 Å². The summed E-state index contributed by atoms with van der Waals surface area (Å²) in [7, 11) is 0. The number of alkyl halides is 3. The molecule has 0 bridgehead atoms. The van der Waals surface area contributed by atoms with Crippen LogP contribution in [0.4, 0.5) is 24.7 Å². The van der Waals surface area contributed by atoms with Crippen molar-refractivity contribution in [3.8, 4) is 0 Å². The number of aromatic nitrogens is 3. The minimum absolute atomic E-state index is 0.0702. The van der Waals surface area contributed by atoms with Crippen molar-refractivity contribution >= 4 is 39.6 Å². The van der Waals surface area contributed by atoms with E-state index in [0.717, 1.165) is 17.7 Å². The predicted molar refractivity (Wildman–Crippen MR) is 116 cm³/mol. The van der Waals surface area contributed by atoms with Crippen LogP contribution in [-0.2, 0) is 10.9 Å². The van der Waals surface area contributed by atoms with E-state index in [0.29, 0.717) is 42.3 Å². The summed E-state index contributed by atoms with van der Waals surface area (Å²) in [5.41, 5.74) is 0.436. The molecular formula is C21H17ClF3N5O3. The van der Waals surface area contributed by atoms with Crippen molar-refractivity contribution in [3.05, 3.63) is 68.8 Å². The zero-order chi connectivity index (χ0) is 23.8. The van der Waals surface area contributed by atoms with Crippen LogP contribution < -0.4 is 5.32 Å². The van der Waals surface area contributed by atoms with Gasteiger partial charge in [-0.2, -0.15) is 13.2 Å². The average molecular weight is 480 g/mol. The lowest BCUT2D eigenvalue weighted by molar-refractivity contribution is -0.385. The Labute approximate surface area is 190 Å². The molecule has 0 saturated carbocycles. The second-order valence-corrected chi connectivity index (χ2v) is 7.75. The first kappa shape index (κ1) is 22.9. The van der Waals surface area contributed by atoms with Crippen LogP contribution in [-0.4, -0.2) is 33.1 Å². The molecule has 1 atom stereocenters. The number of nitro groups is 1. The van der Waals surface area contributed by atoms with Gasteiger partial charge in [-0.15, -0.1) is 0 Å². The smallest absolute Gasteiger partial charge is 0.377 e. The first-order chi connectivity index (χ1) is 15.6. The largest absolute Gasteiger partial charge is 0.416 e. The number of pyridine rings is 1. The van der Waals surface area contributed by atoms with Crippen molar-refractivity contribution in [1.82, 2.24) is 15.0 Å². The Morgan fingerprint density at radius 2 is 2.03 bits per heavy atom. The maximum atomic E-state index is 13.3. The zero-order valence-corrected chi connectivity index (χ0v) is 17.9. The van der Waals surface area contributed by atoms with Gasteiger partial charge in [-0.3, -0.25) is 15.1 Å². The molecule has 3 heterocycles. The molecule has 4 rings (SSSR count). The third-order valence-corrected chi connectivity index (χ3v) is 5.35. The third kappa shape index (κ3) is 5.04. The van der Waals surface area contributed by atoms with Crippen molar-refractivity contribution in [2.24, 2.45) is 0 Å². The highest BCUT2D eigenvalue weighted by molar-refractivity contribution is 6.28. The van der Waals surface area contributed by atoms with Gasteiger partial charge in [-0.25, -0.2) is 9.97 Å². The van der Waals surface area contributed by atoms with E-state index in [-0.39, 0.29) is 16.7 Å². The minimum atomic E-state index is -4.73. The fraction of sp³-hybridized carbons (Fsp3) is 0.286. The second-order valence-electron chi connectivity index (χ2n) is 7.42. The molecule has 1 N–H and O–H groups in total. The summed E-state index contributed by atoms with van der Waals surface area (Å²) in [5, 5.41) is 14.7. The van der Waals surface area contributed by atoms with E-state index in [9.17, 15) is 23.3 Å². The summed E-state index contributed by atoms with van der Waals surface area (Å²) in [5.74, 6) is 0.272. The molecule has 3 aromatic rings. The number of fused-ring (bicyclic) bond motifs is 1. The number of benzene rings is 1. The molecule has 0 saturated heterocycles. The van der Waals surface area contributed by atoms with Gasteiger partial charge in [0.1, 0.15) is 5.82 Å². The summed E-state index contributed by atoms with van der Waals surface area (Å²) >= 11 is 6.04. The van der Waals surface area contributed by atoms with E-state index in [1.807, 2.05) is 6.08 Å². The summed E-state index contributed by atoms with van der Waals surface area (Å²) < 4.78 is 45.2. The van der Waals surface area contributed by atoms with Crippen LogP contribution in [0.2, 0.25) is 5.28 Å². The number of rotatable bonds is 5. The van der Waals surface area contributed by atoms with Crippen LogP contribution in [0.25, 0.3) is 16.5 Å². The Balaban J connectivity index is 1.74. The Bertz CT molecular complexity index is 1270. The van der Waals surface area contributed by atoms with Gasteiger partial charge in [0, 0.05) is 17.5 Å². The van der Waals surface area contributed by atoms with Crippen LogP contribution >= 0.6 is 11.6 Å². The molecule has 0 fully saturated rings. The summed E-state index contributed by atoms with van der Waals surface area (Å²) in [6, 6.07) is 3.48. The van der Waals surface area contributed by atoms with E-state index < -0.39 is 28.4 Å². The van der Waals surface area contributed by atoms with Gasteiger partial charge in [0.25, 0.3) is 5.69 Å². The summed E-state index contributed by atoms with van der Waals surface area (Å²) in [4.78, 5) is 23.1. The first-order valence-electron chi connectivity index (χ1n) is 9.85. The number of anilines is 1. The number of hydrogen-bond donors (Lipinski definition) is 1. The molecule has 0 unspecified atom stereocenters. The number of nitrogens with zero attached hydrogens (tertiary/aromatic N) is 4. The van der Waals surface area contributed by atoms with Crippen molar-refractivity contribution in [1.29, 1.82) is 0 Å². The fourth-order valence-corrected chi connectivity index (χ4v) is 3.67. The molecule has 0 aliphatic carbocycles. The topological polar surface area (TPSA) is 103 Å². The van der Waals surface area contributed by atoms with Gasteiger partial charge in [-0.05, 0) is 48.2 Å². The number of hydrogen-bond acceptors (Lipinski definition) is 7. The van der Waals surface area contributed by atoms with Crippen molar-refractivity contribution in [2.75, 3.05) is 18.5 Å². The maximum Gasteiger partial charge on any atom is 0.416 e. The third-order valence-electron chi connectivity index (χ3n) is 5.18. The van der Waals surface area contributed by atoms with Crippen molar-refractivity contribution < 1.29 is 22.8 Å². The Kier molecular flexibility index (Phi) is 6.17. The lowest BCUT2D eigenvalue weighted by Crippen LogP contribution is -2.12. The summed E-state index contributed by atoms with van der Waals surface area (Å²) in [6.07, 6.45) is -0.588. The lowest BCUT2D eigenvalue weighted by Gasteiger charge is -2.19. The molecule has 1 aliphatic rings. The molecule has 33 heavy (non-hydrogen) atoms. The number of halogens is 4. The second kappa shape index (κ2) is 8.91. The highest BCUT2D eigenvalue weighted by Crippen LogP contribution is 2.35. The van der Waals surface area contributed by atoms with Gasteiger partial charge in [0.15, 0.2) is 0 Å². The molecule has 1 aliphatic heterocycles. The highest BCUT2D eigenvalue weighted by atomic mass is 35.5. The first-order valence-corrected chi connectivity index (χ1v) is 10.2. The zero-order valence-electron chi connectivity index (χ0n) is 17.2. The van der Waals surface area contributed by atoms with Crippen LogP contribution in [0.3, 0.4) is 0 Å². The number of nitrogens with one attached hydrogen (secondary N) is 1. The van der Waals surface area contributed by atoms with Crippen LogP contribution in [0.15, 0.2) is 36.5 Å². The molecule has 1 aromatic carbocycles. The molecule has 8 nitrogen and oxygen atoms in total. The van der Waals surface area contributed by atoms with Gasteiger partial charge < -0.3 is 10.1 Å². The predicted octanol–water partition coefficient (Wildman–Crippen LogP) is 5.58. The lowest BCUT2D eigenvalue weighted by atomic mass is 10.0. The van der Waals surface area contributed by atoms with E-state index >= 15 is 0 Å². The van der Waals surface area contributed by atoms with Crippen molar-refractivity contribution in [3.63, 3.8) is 0 Å². The monoisotopic (exact) mass is 479 g/mol.